The molecule has 4 aliphatic rings. The van der Waals surface area contributed by atoms with Gasteiger partial charge in [-0.15, -0.1) is 0 Å². The Hall–Kier alpha value is -2.86. The van der Waals surface area contributed by atoms with Crippen molar-refractivity contribution in [2.45, 2.75) is 25.7 Å². The Bertz CT molecular complexity index is 1120. The fourth-order valence-corrected chi connectivity index (χ4v) is 5.39. The van der Waals surface area contributed by atoms with Crippen molar-refractivity contribution < 1.29 is 0 Å². The van der Waals surface area contributed by atoms with E-state index < -0.39 is 0 Å². The molecule has 26 heavy (non-hydrogen) atoms. The molecule has 3 aromatic rings. The molecule has 0 aliphatic heterocycles. The topological polar surface area (TPSA) is 0 Å². The maximum Gasteiger partial charge on any atom is -0.00130 e. The van der Waals surface area contributed by atoms with Gasteiger partial charge < -0.3 is 0 Å². The summed E-state index contributed by atoms with van der Waals surface area (Å²) in [7, 11) is 0. The number of fused-ring (bicyclic) bond motifs is 8. The Labute approximate surface area is 153 Å². The molecule has 0 bridgehead atoms. The van der Waals surface area contributed by atoms with Crippen molar-refractivity contribution in [3.8, 4) is 22.3 Å². The molecule has 0 N–H and O–H groups in total. The van der Waals surface area contributed by atoms with E-state index in [2.05, 4.69) is 60.7 Å². The predicted octanol–water partition coefficient (Wildman–Crippen LogP) is 5.97. The minimum Gasteiger partial charge on any atom is -0.0795 e. The van der Waals surface area contributed by atoms with E-state index in [1.165, 1.54) is 66.8 Å². The summed E-state index contributed by atoms with van der Waals surface area (Å²) in [4.78, 5) is 0. The molecule has 4 aliphatic carbocycles. The van der Waals surface area contributed by atoms with Crippen molar-refractivity contribution in [2.75, 3.05) is 0 Å². The number of benzene rings is 3. The highest BCUT2D eigenvalue weighted by Crippen LogP contribution is 2.46. The zero-order chi connectivity index (χ0) is 16.8. The fourth-order valence-electron chi connectivity index (χ4n) is 5.39. The molecule has 0 fully saturated rings. The molecule has 0 heterocycles. The summed E-state index contributed by atoms with van der Waals surface area (Å²) in [5.74, 6) is 0. The van der Waals surface area contributed by atoms with Crippen molar-refractivity contribution in [3.63, 3.8) is 0 Å². The Morgan fingerprint density at radius 2 is 0.808 bits per heavy atom. The van der Waals surface area contributed by atoms with E-state index in [4.69, 9.17) is 0 Å². The van der Waals surface area contributed by atoms with Gasteiger partial charge in [0, 0.05) is 0 Å². The van der Waals surface area contributed by atoms with Gasteiger partial charge in [0.2, 0.25) is 0 Å². The summed E-state index contributed by atoms with van der Waals surface area (Å²) in [6.07, 6.45) is 13.5. The number of rotatable bonds is 0. The maximum absolute atomic E-state index is 2.49. The summed E-state index contributed by atoms with van der Waals surface area (Å²) in [6, 6.07) is 14.7. The fraction of sp³-hybridized carbons (Fsp3) is 0.154. The normalized spacial score (nSPS) is 16.3. The van der Waals surface area contributed by atoms with Gasteiger partial charge in [0.15, 0.2) is 0 Å². The van der Waals surface area contributed by atoms with Gasteiger partial charge in [-0.25, -0.2) is 0 Å². The molecule has 0 radical (unpaired) electrons. The summed E-state index contributed by atoms with van der Waals surface area (Å²) in [5, 5.41) is 0. The molecule has 0 saturated carbocycles. The second kappa shape index (κ2) is 4.45. The maximum atomic E-state index is 2.49. The molecular weight excluding hydrogens is 312 g/mol. The van der Waals surface area contributed by atoms with Crippen LogP contribution in [-0.2, 0) is 25.7 Å². The van der Waals surface area contributed by atoms with Gasteiger partial charge in [0.1, 0.15) is 0 Å². The average Bonchev–Trinajstić information content (AvgIpc) is 3.40. The molecule has 122 valence electrons. The quantitative estimate of drug-likeness (QED) is 0.328. The van der Waals surface area contributed by atoms with E-state index in [-0.39, 0.29) is 0 Å². The molecule has 0 atom stereocenters. The Kier molecular flexibility index (Phi) is 2.29. The summed E-state index contributed by atoms with van der Waals surface area (Å²) in [5.41, 5.74) is 17.8. The summed E-state index contributed by atoms with van der Waals surface area (Å²) >= 11 is 0. The van der Waals surface area contributed by atoms with Gasteiger partial charge in [-0.2, -0.15) is 0 Å². The summed E-state index contributed by atoms with van der Waals surface area (Å²) in [6.45, 7) is 0. The van der Waals surface area contributed by atoms with Crippen LogP contribution in [0.3, 0.4) is 0 Å². The highest BCUT2D eigenvalue weighted by Gasteiger charge is 2.27. The second-order valence-corrected chi connectivity index (χ2v) is 8.15. The predicted molar refractivity (Wildman–Crippen MR) is 108 cm³/mol. The first-order valence-electron chi connectivity index (χ1n) is 9.65. The van der Waals surface area contributed by atoms with Gasteiger partial charge in [0.25, 0.3) is 0 Å². The minimum atomic E-state index is 1.08. The lowest BCUT2D eigenvalue weighted by Gasteiger charge is -2.08. The van der Waals surface area contributed by atoms with E-state index in [0.29, 0.717) is 0 Å². The Balaban J connectivity index is 1.40. The van der Waals surface area contributed by atoms with E-state index >= 15 is 0 Å². The molecule has 0 spiro atoms. The summed E-state index contributed by atoms with van der Waals surface area (Å²) < 4.78 is 0. The van der Waals surface area contributed by atoms with E-state index in [1.807, 2.05) is 0 Å². The monoisotopic (exact) mass is 330 g/mol. The molecule has 0 heteroatoms. The first-order valence-corrected chi connectivity index (χ1v) is 9.65. The van der Waals surface area contributed by atoms with Gasteiger partial charge in [-0.3, -0.25) is 0 Å². The molecule has 0 saturated heterocycles. The lowest BCUT2D eigenvalue weighted by atomic mass is 9.96. The van der Waals surface area contributed by atoms with Crippen LogP contribution in [0.2, 0.25) is 0 Å². The zero-order valence-corrected chi connectivity index (χ0v) is 14.6. The standard InChI is InChI=1S/C26H18/c1-3-15-7-19-9-21-14-26-22(13-25(21)23(19)11-17(15)5-1)10-20-8-16-4-2-6-18(16)12-24(20)26/h1-4,7-8,11-14H,5-6,9-10H2. The molecule has 0 amide bonds. The molecule has 0 unspecified atom stereocenters. The van der Waals surface area contributed by atoms with Gasteiger partial charge in [0.05, 0.1) is 0 Å². The van der Waals surface area contributed by atoms with E-state index in [0.717, 1.165) is 25.7 Å². The van der Waals surface area contributed by atoms with Crippen LogP contribution in [0.4, 0.5) is 0 Å². The second-order valence-electron chi connectivity index (χ2n) is 8.15. The average molecular weight is 330 g/mol. The van der Waals surface area contributed by atoms with Gasteiger partial charge in [-0.05, 0) is 117 Å². The van der Waals surface area contributed by atoms with Crippen molar-refractivity contribution in [3.05, 3.63) is 93.1 Å². The van der Waals surface area contributed by atoms with Crippen molar-refractivity contribution in [1.29, 1.82) is 0 Å². The molecule has 3 aromatic carbocycles. The van der Waals surface area contributed by atoms with Crippen LogP contribution in [0.15, 0.2) is 48.6 Å². The molecule has 0 aromatic heterocycles. The highest BCUT2D eigenvalue weighted by atomic mass is 14.3. The first-order chi connectivity index (χ1) is 12.8. The van der Waals surface area contributed by atoms with Crippen molar-refractivity contribution in [1.82, 2.24) is 0 Å². The molecular formula is C26H18. The van der Waals surface area contributed by atoms with Gasteiger partial charge in [-0.1, -0.05) is 36.4 Å². The third-order valence-electron chi connectivity index (χ3n) is 6.67. The zero-order valence-electron chi connectivity index (χ0n) is 14.6. The number of hydrogen-bond donors (Lipinski definition) is 0. The van der Waals surface area contributed by atoms with Crippen LogP contribution in [0.25, 0.3) is 34.4 Å². The molecule has 0 nitrogen and oxygen atoms in total. The van der Waals surface area contributed by atoms with Crippen LogP contribution >= 0.6 is 0 Å². The minimum absolute atomic E-state index is 1.08. The largest absolute Gasteiger partial charge is 0.0795 e. The first kappa shape index (κ1) is 13.4. The third-order valence-corrected chi connectivity index (χ3v) is 6.67. The van der Waals surface area contributed by atoms with E-state index in [9.17, 15) is 0 Å². The highest BCUT2D eigenvalue weighted by molar-refractivity contribution is 5.87. The smallest absolute Gasteiger partial charge is 0.00130 e. The SMILES string of the molecule is C1=Cc2cc3c(cc2C1)-c1cc2c(cc1C3)-c1cc3c(cc1C2)C=CC3. The van der Waals surface area contributed by atoms with E-state index in [1.54, 1.807) is 0 Å². The van der Waals surface area contributed by atoms with Crippen LogP contribution < -0.4 is 0 Å². The van der Waals surface area contributed by atoms with Gasteiger partial charge >= 0.3 is 0 Å². The Morgan fingerprint density at radius 1 is 0.423 bits per heavy atom. The van der Waals surface area contributed by atoms with Crippen molar-refractivity contribution in [2.24, 2.45) is 0 Å². The van der Waals surface area contributed by atoms with Crippen LogP contribution in [0, 0.1) is 0 Å². The van der Waals surface area contributed by atoms with Crippen LogP contribution in [-0.4, -0.2) is 0 Å². The Morgan fingerprint density at radius 3 is 1.27 bits per heavy atom. The number of hydrogen-bond acceptors (Lipinski definition) is 0. The lowest BCUT2D eigenvalue weighted by molar-refractivity contribution is 1.23. The third kappa shape index (κ3) is 1.60. The van der Waals surface area contributed by atoms with Crippen LogP contribution in [0.1, 0.15) is 44.5 Å². The van der Waals surface area contributed by atoms with Crippen molar-refractivity contribution >= 4 is 12.2 Å². The lowest BCUT2D eigenvalue weighted by Crippen LogP contribution is -1.87. The molecule has 7 rings (SSSR count). The number of allylic oxidation sites excluding steroid dienone is 2. The van der Waals surface area contributed by atoms with Crippen LogP contribution in [0.5, 0.6) is 0 Å².